The Labute approximate surface area is 134 Å². The highest BCUT2D eigenvalue weighted by molar-refractivity contribution is 5.66. The minimum absolute atomic E-state index is 0.278. The first-order valence-electron chi connectivity index (χ1n) is 7.31. The van der Waals surface area contributed by atoms with Crippen LogP contribution in [0.2, 0.25) is 0 Å². The number of ether oxygens (including phenoxy) is 1. The summed E-state index contributed by atoms with van der Waals surface area (Å²) in [6.45, 7) is 4.09. The standard InChI is InChI=1S/C20H16FNO/c1-2-16-12-17(8-10-19(16)21)18-9-11-20(22-13-18)23-14-15-6-4-3-5-7-15/h2-13H,1,14H2. The number of hydrogen-bond acceptors (Lipinski definition) is 2. The Bertz CT molecular complexity index is 798. The van der Waals surface area contributed by atoms with E-state index in [0.29, 0.717) is 18.1 Å². The highest BCUT2D eigenvalue weighted by atomic mass is 19.1. The SMILES string of the molecule is C=Cc1cc(-c2ccc(OCc3ccccc3)nc2)ccc1F. The molecule has 0 atom stereocenters. The number of halogens is 1. The van der Waals surface area contributed by atoms with Crippen LogP contribution in [0.15, 0.2) is 73.4 Å². The van der Waals surface area contributed by atoms with E-state index in [4.69, 9.17) is 4.74 Å². The van der Waals surface area contributed by atoms with Crippen molar-refractivity contribution < 1.29 is 9.13 Å². The molecule has 0 radical (unpaired) electrons. The predicted octanol–water partition coefficient (Wildman–Crippen LogP) is 5.11. The monoisotopic (exact) mass is 305 g/mol. The van der Waals surface area contributed by atoms with E-state index in [-0.39, 0.29) is 5.82 Å². The molecule has 0 fully saturated rings. The topological polar surface area (TPSA) is 22.1 Å². The molecular weight excluding hydrogens is 289 g/mol. The third kappa shape index (κ3) is 3.64. The average Bonchev–Trinajstić information content (AvgIpc) is 2.62. The van der Waals surface area contributed by atoms with E-state index in [1.165, 1.54) is 12.1 Å². The molecule has 0 aliphatic carbocycles. The predicted molar refractivity (Wildman–Crippen MR) is 90.5 cm³/mol. The highest BCUT2D eigenvalue weighted by Crippen LogP contribution is 2.23. The van der Waals surface area contributed by atoms with Crippen LogP contribution in [0.5, 0.6) is 5.88 Å². The lowest BCUT2D eigenvalue weighted by Gasteiger charge is -2.07. The van der Waals surface area contributed by atoms with Gasteiger partial charge in [-0.25, -0.2) is 9.37 Å². The smallest absolute Gasteiger partial charge is 0.213 e. The Morgan fingerprint density at radius 3 is 2.48 bits per heavy atom. The Morgan fingerprint density at radius 1 is 1.00 bits per heavy atom. The summed E-state index contributed by atoms with van der Waals surface area (Å²) >= 11 is 0. The molecule has 0 bridgehead atoms. The minimum atomic E-state index is -0.278. The zero-order chi connectivity index (χ0) is 16.1. The lowest BCUT2D eigenvalue weighted by atomic mass is 10.0. The van der Waals surface area contributed by atoms with Crippen LogP contribution in [0, 0.1) is 5.82 Å². The van der Waals surface area contributed by atoms with Crippen LogP contribution in [-0.4, -0.2) is 4.98 Å². The fourth-order valence-electron chi connectivity index (χ4n) is 2.25. The molecule has 0 aliphatic rings. The number of rotatable bonds is 5. The van der Waals surface area contributed by atoms with Gasteiger partial charge in [0.05, 0.1) is 0 Å². The summed E-state index contributed by atoms with van der Waals surface area (Å²) in [7, 11) is 0. The van der Waals surface area contributed by atoms with E-state index in [0.717, 1.165) is 16.7 Å². The van der Waals surface area contributed by atoms with Crippen molar-refractivity contribution in [3.63, 3.8) is 0 Å². The molecule has 0 N–H and O–H groups in total. The van der Waals surface area contributed by atoms with Crippen molar-refractivity contribution in [2.45, 2.75) is 6.61 Å². The first-order valence-corrected chi connectivity index (χ1v) is 7.31. The lowest BCUT2D eigenvalue weighted by molar-refractivity contribution is 0.294. The third-order valence-corrected chi connectivity index (χ3v) is 3.52. The number of benzene rings is 2. The molecule has 0 saturated heterocycles. The quantitative estimate of drug-likeness (QED) is 0.653. The van der Waals surface area contributed by atoms with Crippen LogP contribution in [0.1, 0.15) is 11.1 Å². The molecule has 0 saturated carbocycles. The molecule has 1 aromatic heterocycles. The summed E-state index contributed by atoms with van der Waals surface area (Å²) < 4.78 is 19.2. The summed E-state index contributed by atoms with van der Waals surface area (Å²) in [5.41, 5.74) is 3.36. The molecule has 114 valence electrons. The largest absolute Gasteiger partial charge is 0.473 e. The van der Waals surface area contributed by atoms with Crippen molar-refractivity contribution in [2.75, 3.05) is 0 Å². The van der Waals surface area contributed by atoms with Gasteiger partial charge in [0.15, 0.2) is 0 Å². The van der Waals surface area contributed by atoms with Gasteiger partial charge in [0, 0.05) is 23.4 Å². The molecule has 0 aliphatic heterocycles. The molecule has 0 unspecified atom stereocenters. The van der Waals surface area contributed by atoms with Crippen molar-refractivity contribution in [3.05, 3.63) is 90.4 Å². The van der Waals surface area contributed by atoms with Crippen molar-refractivity contribution in [1.29, 1.82) is 0 Å². The molecule has 2 aromatic carbocycles. The third-order valence-electron chi connectivity index (χ3n) is 3.52. The van der Waals surface area contributed by atoms with Gasteiger partial charge >= 0.3 is 0 Å². The van der Waals surface area contributed by atoms with E-state index >= 15 is 0 Å². The van der Waals surface area contributed by atoms with E-state index in [1.807, 2.05) is 42.5 Å². The van der Waals surface area contributed by atoms with Crippen LogP contribution in [0.4, 0.5) is 4.39 Å². The number of pyridine rings is 1. The van der Waals surface area contributed by atoms with Gasteiger partial charge in [-0.2, -0.15) is 0 Å². The Morgan fingerprint density at radius 2 is 1.78 bits per heavy atom. The van der Waals surface area contributed by atoms with Crippen molar-refractivity contribution in [3.8, 4) is 17.0 Å². The summed E-state index contributed by atoms with van der Waals surface area (Å²) in [5, 5.41) is 0. The van der Waals surface area contributed by atoms with Crippen molar-refractivity contribution >= 4 is 6.08 Å². The molecule has 3 aromatic rings. The maximum atomic E-state index is 13.5. The summed E-state index contributed by atoms with van der Waals surface area (Å²) in [6.07, 6.45) is 3.23. The molecule has 2 nitrogen and oxygen atoms in total. The molecule has 0 spiro atoms. The second kappa shape index (κ2) is 6.88. The van der Waals surface area contributed by atoms with Gasteiger partial charge in [0.1, 0.15) is 12.4 Å². The summed E-state index contributed by atoms with van der Waals surface area (Å²) in [4.78, 5) is 4.31. The van der Waals surface area contributed by atoms with E-state index in [1.54, 1.807) is 18.3 Å². The lowest BCUT2D eigenvalue weighted by Crippen LogP contribution is -1.96. The molecule has 3 heteroatoms. The zero-order valence-corrected chi connectivity index (χ0v) is 12.6. The molecular formula is C20H16FNO. The van der Waals surface area contributed by atoms with E-state index in [9.17, 15) is 4.39 Å². The normalized spacial score (nSPS) is 10.3. The first kappa shape index (κ1) is 15.0. The maximum Gasteiger partial charge on any atom is 0.213 e. The first-order chi connectivity index (χ1) is 11.3. The molecule has 23 heavy (non-hydrogen) atoms. The van der Waals surface area contributed by atoms with Gasteiger partial charge in [-0.3, -0.25) is 0 Å². The van der Waals surface area contributed by atoms with Crippen molar-refractivity contribution in [2.24, 2.45) is 0 Å². The minimum Gasteiger partial charge on any atom is -0.473 e. The molecule has 0 amide bonds. The van der Waals surface area contributed by atoms with E-state index in [2.05, 4.69) is 11.6 Å². The van der Waals surface area contributed by atoms with E-state index < -0.39 is 0 Å². The number of hydrogen-bond donors (Lipinski definition) is 0. The second-order valence-corrected chi connectivity index (χ2v) is 5.10. The van der Waals surface area contributed by atoms with Crippen LogP contribution >= 0.6 is 0 Å². The zero-order valence-electron chi connectivity index (χ0n) is 12.6. The average molecular weight is 305 g/mol. The van der Waals surface area contributed by atoms with Crippen molar-refractivity contribution in [1.82, 2.24) is 4.98 Å². The van der Waals surface area contributed by atoms with Gasteiger partial charge in [0.25, 0.3) is 0 Å². The number of nitrogens with zero attached hydrogens (tertiary/aromatic N) is 1. The van der Waals surface area contributed by atoms with Crippen LogP contribution < -0.4 is 4.74 Å². The molecule has 3 rings (SSSR count). The Kier molecular flexibility index (Phi) is 4.48. The van der Waals surface area contributed by atoms with Crippen LogP contribution in [0.3, 0.4) is 0 Å². The molecule has 1 heterocycles. The fourth-order valence-corrected chi connectivity index (χ4v) is 2.25. The van der Waals surface area contributed by atoms with Gasteiger partial charge < -0.3 is 4.74 Å². The maximum absolute atomic E-state index is 13.5. The van der Waals surface area contributed by atoms with Gasteiger partial charge in [-0.15, -0.1) is 0 Å². The van der Waals surface area contributed by atoms with Gasteiger partial charge in [-0.1, -0.05) is 49.1 Å². The summed E-state index contributed by atoms with van der Waals surface area (Å²) in [6, 6.07) is 18.6. The van der Waals surface area contributed by atoms with Crippen LogP contribution in [0.25, 0.3) is 17.2 Å². The van der Waals surface area contributed by atoms with Crippen LogP contribution in [-0.2, 0) is 6.61 Å². The Hall–Kier alpha value is -2.94. The fraction of sp³-hybridized carbons (Fsp3) is 0.0500. The van der Waals surface area contributed by atoms with Gasteiger partial charge in [0.2, 0.25) is 5.88 Å². The number of aromatic nitrogens is 1. The Balaban J connectivity index is 1.73. The summed E-state index contributed by atoms with van der Waals surface area (Å²) in [5.74, 6) is 0.281. The van der Waals surface area contributed by atoms with Gasteiger partial charge in [-0.05, 0) is 29.3 Å². The highest BCUT2D eigenvalue weighted by Gasteiger charge is 2.04. The second-order valence-electron chi connectivity index (χ2n) is 5.10.